The topological polar surface area (TPSA) is 38.3 Å². The van der Waals surface area contributed by atoms with Gasteiger partial charge >= 0.3 is 5.97 Å². The second-order valence-corrected chi connectivity index (χ2v) is 6.98. The first-order valence-electron chi connectivity index (χ1n) is 7.37. The standard InChI is InChI=1S/C15H27NO2/c1-14(2,3)18-13(17)11-15-8-5-4-7-12(15)16-10-6-9-15/h12,16H,4-11H2,1-3H3/t12-,15-/m1/s1. The van der Waals surface area contributed by atoms with Crippen LogP contribution in [0.25, 0.3) is 0 Å². The zero-order valence-corrected chi connectivity index (χ0v) is 12.1. The molecule has 0 unspecified atom stereocenters. The molecule has 1 saturated carbocycles. The van der Waals surface area contributed by atoms with Crippen LogP contribution >= 0.6 is 0 Å². The van der Waals surface area contributed by atoms with Crippen molar-refractivity contribution in [1.82, 2.24) is 5.32 Å². The Bertz CT molecular complexity index is 294. The van der Waals surface area contributed by atoms with Crippen molar-refractivity contribution in [2.75, 3.05) is 6.54 Å². The van der Waals surface area contributed by atoms with Gasteiger partial charge in [-0.15, -0.1) is 0 Å². The highest BCUT2D eigenvalue weighted by Gasteiger charge is 2.44. The largest absolute Gasteiger partial charge is 0.460 e. The van der Waals surface area contributed by atoms with Crippen LogP contribution in [0.1, 0.15) is 65.7 Å². The molecule has 3 heteroatoms. The molecule has 0 radical (unpaired) electrons. The van der Waals surface area contributed by atoms with E-state index in [2.05, 4.69) is 5.32 Å². The smallest absolute Gasteiger partial charge is 0.306 e. The second-order valence-electron chi connectivity index (χ2n) is 6.98. The Balaban J connectivity index is 2.01. The van der Waals surface area contributed by atoms with Crippen molar-refractivity contribution in [2.45, 2.75) is 77.4 Å². The van der Waals surface area contributed by atoms with Crippen LogP contribution in [-0.4, -0.2) is 24.2 Å². The van der Waals surface area contributed by atoms with Gasteiger partial charge in [0.1, 0.15) is 5.60 Å². The van der Waals surface area contributed by atoms with E-state index in [4.69, 9.17) is 4.74 Å². The van der Waals surface area contributed by atoms with Gasteiger partial charge in [-0.1, -0.05) is 12.8 Å². The molecule has 1 heterocycles. The van der Waals surface area contributed by atoms with E-state index < -0.39 is 0 Å². The van der Waals surface area contributed by atoms with Gasteiger partial charge in [-0.25, -0.2) is 0 Å². The Hall–Kier alpha value is -0.570. The SMILES string of the molecule is CC(C)(C)OC(=O)C[C@]12CCCC[C@H]1NCCC2. The Morgan fingerprint density at radius 1 is 1.28 bits per heavy atom. The maximum atomic E-state index is 12.1. The Morgan fingerprint density at radius 2 is 2.00 bits per heavy atom. The first-order chi connectivity index (χ1) is 8.41. The van der Waals surface area contributed by atoms with Crippen molar-refractivity contribution in [3.05, 3.63) is 0 Å². The molecule has 1 aliphatic carbocycles. The average Bonchev–Trinajstić information content (AvgIpc) is 2.25. The number of esters is 1. The average molecular weight is 253 g/mol. The normalized spacial score (nSPS) is 32.7. The number of hydrogen-bond acceptors (Lipinski definition) is 3. The summed E-state index contributed by atoms with van der Waals surface area (Å²) in [6.45, 7) is 6.95. The molecular weight excluding hydrogens is 226 g/mol. The fraction of sp³-hybridized carbons (Fsp3) is 0.933. The first kappa shape index (κ1) is 13.9. The number of hydrogen-bond donors (Lipinski definition) is 1. The van der Waals surface area contributed by atoms with Gasteiger partial charge < -0.3 is 10.1 Å². The molecule has 0 amide bonds. The summed E-state index contributed by atoms with van der Waals surface area (Å²) in [6.07, 6.45) is 7.95. The van der Waals surface area contributed by atoms with E-state index in [1.165, 1.54) is 38.5 Å². The van der Waals surface area contributed by atoms with Crippen molar-refractivity contribution in [2.24, 2.45) is 5.41 Å². The third kappa shape index (κ3) is 3.25. The number of carbonyl (C=O) groups is 1. The fourth-order valence-electron chi connectivity index (χ4n) is 3.61. The van der Waals surface area contributed by atoms with Crippen molar-refractivity contribution >= 4 is 5.97 Å². The highest BCUT2D eigenvalue weighted by atomic mass is 16.6. The molecule has 2 aliphatic rings. The van der Waals surface area contributed by atoms with Gasteiger partial charge in [-0.3, -0.25) is 4.79 Å². The van der Waals surface area contributed by atoms with Crippen LogP contribution in [0.3, 0.4) is 0 Å². The summed E-state index contributed by atoms with van der Waals surface area (Å²) in [7, 11) is 0. The van der Waals surface area contributed by atoms with Gasteiger partial charge in [-0.05, 0) is 58.4 Å². The molecule has 3 nitrogen and oxygen atoms in total. The summed E-state index contributed by atoms with van der Waals surface area (Å²) >= 11 is 0. The molecule has 2 rings (SSSR count). The Kier molecular flexibility index (Phi) is 4.00. The Morgan fingerprint density at radius 3 is 2.72 bits per heavy atom. The zero-order chi connectivity index (χ0) is 13.2. The van der Waals surface area contributed by atoms with E-state index >= 15 is 0 Å². The third-order valence-electron chi connectivity index (χ3n) is 4.32. The Labute approximate surface area is 111 Å². The van der Waals surface area contributed by atoms with Crippen LogP contribution in [0.5, 0.6) is 0 Å². The summed E-state index contributed by atoms with van der Waals surface area (Å²) in [4.78, 5) is 12.1. The van der Waals surface area contributed by atoms with Gasteiger partial charge in [0.15, 0.2) is 0 Å². The molecule has 0 aromatic rings. The predicted octanol–water partition coefficient (Wildman–Crippen LogP) is 3.03. The molecule has 0 aromatic heterocycles. The number of piperidine rings is 1. The van der Waals surface area contributed by atoms with Crippen molar-refractivity contribution in [1.29, 1.82) is 0 Å². The molecule has 0 aromatic carbocycles. The van der Waals surface area contributed by atoms with E-state index in [1.54, 1.807) is 0 Å². The summed E-state index contributed by atoms with van der Waals surface area (Å²) in [5.74, 6) is -0.0156. The van der Waals surface area contributed by atoms with Crippen LogP contribution in [0.4, 0.5) is 0 Å². The second kappa shape index (κ2) is 5.20. The lowest BCUT2D eigenvalue weighted by atomic mass is 9.64. The minimum absolute atomic E-state index is 0.0156. The highest BCUT2D eigenvalue weighted by molar-refractivity contribution is 5.71. The van der Waals surface area contributed by atoms with E-state index in [-0.39, 0.29) is 17.0 Å². The molecule has 104 valence electrons. The fourth-order valence-corrected chi connectivity index (χ4v) is 3.61. The van der Waals surface area contributed by atoms with Gasteiger partial charge in [0.05, 0.1) is 6.42 Å². The molecule has 2 fully saturated rings. The number of rotatable bonds is 2. The van der Waals surface area contributed by atoms with E-state index in [9.17, 15) is 4.79 Å². The number of fused-ring (bicyclic) bond motifs is 1. The van der Waals surface area contributed by atoms with Gasteiger partial charge in [-0.2, -0.15) is 0 Å². The quantitative estimate of drug-likeness (QED) is 0.769. The van der Waals surface area contributed by atoms with E-state index in [1.807, 2.05) is 20.8 Å². The van der Waals surface area contributed by atoms with Crippen LogP contribution < -0.4 is 5.32 Å². The maximum absolute atomic E-state index is 12.1. The van der Waals surface area contributed by atoms with E-state index in [0.29, 0.717) is 12.5 Å². The van der Waals surface area contributed by atoms with E-state index in [0.717, 1.165) is 6.54 Å². The molecule has 0 bridgehead atoms. The molecule has 1 aliphatic heterocycles. The molecule has 18 heavy (non-hydrogen) atoms. The molecule has 1 saturated heterocycles. The van der Waals surface area contributed by atoms with Gasteiger partial charge in [0.25, 0.3) is 0 Å². The van der Waals surface area contributed by atoms with Crippen LogP contribution in [0, 0.1) is 5.41 Å². The zero-order valence-electron chi connectivity index (χ0n) is 12.1. The van der Waals surface area contributed by atoms with Crippen LogP contribution in [0.15, 0.2) is 0 Å². The summed E-state index contributed by atoms with van der Waals surface area (Å²) in [5, 5.41) is 3.62. The van der Waals surface area contributed by atoms with Crippen LogP contribution in [0.2, 0.25) is 0 Å². The van der Waals surface area contributed by atoms with Crippen molar-refractivity contribution in [3.8, 4) is 0 Å². The highest BCUT2D eigenvalue weighted by Crippen LogP contribution is 2.45. The van der Waals surface area contributed by atoms with Crippen molar-refractivity contribution in [3.63, 3.8) is 0 Å². The minimum Gasteiger partial charge on any atom is -0.460 e. The monoisotopic (exact) mass is 253 g/mol. The summed E-state index contributed by atoms with van der Waals surface area (Å²) < 4.78 is 5.52. The van der Waals surface area contributed by atoms with Gasteiger partial charge in [0, 0.05) is 6.04 Å². The number of carbonyl (C=O) groups excluding carboxylic acids is 1. The van der Waals surface area contributed by atoms with Gasteiger partial charge in [0.2, 0.25) is 0 Å². The summed E-state index contributed by atoms with van der Waals surface area (Å²) in [6, 6.07) is 0.535. The van der Waals surface area contributed by atoms with Crippen molar-refractivity contribution < 1.29 is 9.53 Å². The summed E-state index contributed by atoms with van der Waals surface area (Å²) in [5.41, 5.74) is -0.182. The lowest BCUT2D eigenvalue weighted by molar-refractivity contribution is -0.159. The first-order valence-corrected chi connectivity index (χ1v) is 7.37. The maximum Gasteiger partial charge on any atom is 0.306 e. The molecular formula is C15H27NO2. The molecule has 2 atom stereocenters. The van der Waals surface area contributed by atoms with Crippen LogP contribution in [-0.2, 0) is 9.53 Å². The lowest BCUT2D eigenvalue weighted by Crippen LogP contribution is -2.52. The lowest BCUT2D eigenvalue weighted by Gasteiger charge is -2.47. The minimum atomic E-state index is -0.361. The molecule has 0 spiro atoms. The molecule has 1 N–H and O–H groups in total. The third-order valence-corrected chi connectivity index (χ3v) is 4.32. The predicted molar refractivity (Wildman–Crippen MR) is 72.4 cm³/mol. The number of ether oxygens (including phenoxy) is 1. The number of nitrogens with one attached hydrogen (secondary N) is 1.